The standard InChI is InChI=1S/C23H34N2O4/c1-4-8-18-15-19(16-20(27-2)21(18)28-3)22(26)24-17-23(9-6-5-7-10-23)25-11-13-29-14-12-25/h4,8,15-16H,5-7,9-14,17H2,1-3H3,(H,24,26). The molecule has 3 rings (SSSR count). The summed E-state index contributed by atoms with van der Waals surface area (Å²) in [5.74, 6) is 1.13. The number of morpholine rings is 1. The van der Waals surface area contributed by atoms with Crippen molar-refractivity contribution in [2.75, 3.05) is 47.1 Å². The van der Waals surface area contributed by atoms with E-state index in [-0.39, 0.29) is 11.4 Å². The SMILES string of the molecule is CC=Cc1cc(C(=O)NCC2(N3CCOCC3)CCCCC2)cc(OC)c1OC. The molecule has 1 aliphatic carbocycles. The predicted octanol–water partition coefficient (Wildman–Crippen LogP) is 3.50. The van der Waals surface area contributed by atoms with E-state index >= 15 is 0 Å². The Morgan fingerprint density at radius 3 is 2.52 bits per heavy atom. The molecular weight excluding hydrogens is 368 g/mol. The quantitative estimate of drug-likeness (QED) is 0.756. The average molecular weight is 403 g/mol. The summed E-state index contributed by atoms with van der Waals surface area (Å²) in [5, 5.41) is 3.22. The minimum Gasteiger partial charge on any atom is -0.493 e. The molecule has 2 fully saturated rings. The van der Waals surface area contributed by atoms with Crippen LogP contribution >= 0.6 is 0 Å². The van der Waals surface area contributed by atoms with Crippen LogP contribution in [0, 0.1) is 0 Å². The Balaban J connectivity index is 1.78. The summed E-state index contributed by atoms with van der Waals surface area (Å²) < 4.78 is 16.5. The van der Waals surface area contributed by atoms with Crippen LogP contribution < -0.4 is 14.8 Å². The van der Waals surface area contributed by atoms with Crippen molar-refractivity contribution in [1.29, 1.82) is 0 Å². The molecule has 0 atom stereocenters. The first-order chi connectivity index (χ1) is 14.1. The molecule has 6 nitrogen and oxygen atoms in total. The van der Waals surface area contributed by atoms with Crippen LogP contribution in [0.3, 0.4) is 0 Å². The van der Waals surface area contributed by atoms with Crippen molar-refractivity contribution in [3.63, 3.8) is 0 Å². The molecule has 6 heteroatoms. The van der Waals surface area contributed by atoms with Gasteiger partial charge in [0.15, 0.2) is 11.5 Å². The minimum absolute atomic E-state index is 0.0421. The summed E-state index contributed by atoms with van der Waals surface area (Å²) >= 11 is 0. The van der Waals surface area contributed by atoms with Crippen LogP contribution in [-0.2, 0) is 4.74 Å². The first kappa shape index (κ1) is 21.7. The number of nitrogens with one attached hydrogen (secondary N) is 1. The van der Waals surface area contributed by atoms with Gasteiger partial charge in [-0.15, -0.1) is 0 Å². The van der Waals surface area contributed by atoms with Crippen LogP contribution in [0.1, 0.15) is 54.9 Å². The van der Waals surface area contributed by atoms with E-state index in [1.807, 2.05) is 25.1 Å². The van der Waals surface area contributed by atoms with Crippen LogP contribution in [0.25, 0.3) is 6.08 Å². The lowest BCUT2D eigenvalue weighted by Crippen LogP contribution is -2.59. The maximum atomic E-state index is 13.1. The van der Waals surface area contributed by atoms with Crippen molar-refractivity contribution in [2.24, 2.45) is 0 Å². The van der Waals surface area contributed by atoms with Crippen molar-refractivity contribution in [3.05, 3.63) is 29.3 Å². The molecule has 29 heavy (non-hydrogen) atoms. The Morgan fingerprint density at radius 2 is 1.90 bits per heavy atom. The summed E-state index contributed by atoms with van der Waals surface area (Å²) in [4.78, 5) is 15.6. The number of carbonyl (C=O) groups excluding carboxylic acids is 1. The van der Waals surface area contributed by atoms with Gasteiger partial charge in [-0.25, -0.2) is 0 Å². The van der Waals surface area contributed by atoms with Crippen molar-refractivity contribution in [2.45, 2.75) is 44.6 Å². The molecule has 1 N–H and O–H groups in total. The zero-order valence-electron chi connectivity index (χ0n) is 18.0. The number of benzene rings is 1. The smallest absolute Gasteiger partial charge is 0.251 e. The van der Waals surface area contributed by atoms with Crippen LogP contribution in [0.2, 0.25) is 0 Å². The number of nitrogens with zero attached hydrogens (tertiary/aromatic N) is 1. The normalized spacial score (nSPS) is 19.8. The molecule has 0 bridgehead atoms. The Bertz CT molecular complexity index is 720. The third kappa shape index (κ3) is 4.93. The van der Waals surface area contributed by atoms with E-state index in [9.17, 15) is 4.79 Å². The highest BCUT2D eigenvalue weighted by atomic mass is 16.5. The lowest BCUT2D eigenvalue weighted by molar-refractivity contribution is -0.0361. The Labute approximate surface area is 174 Å². The van der Waals surface area contributed by atoms with Gasteiger partial charge in [-0.2, -0.15) is 0 Å². The molecular formula is C23H34N2O4. The molecule has 0 radical (unpaired) electrons. The molecule has 1 heterocycles. The highest BCUT2D eigenvalue weighted by Crippen LogP contribution is 2.35. The average Bonchev–Trinajstić information content (AvgIpc) is 2.78. The van der Waals surface area contributed by atoms with Crippen molar-refractivity contribution in [1.82, 2.24) is 10.2 Å². The number of rotatable bonds is 7. The van der Waals surface area contributed by atoms with Gasteiger partial charge in [0.05, 0.1) is 27.4 Å². The molecule has 2 aliphatic rings. The molecule has 0 aromatic heterocycles. The number of ether oxygens (including phenoxy) is 3. The molecule has 0 unspecified atom stereocenters. The van der Waals surface area contributed by atoms with Gasteiger partial charge < -0.3 is 19.5 Å². The van der Waals surface area contributed by atoms with Gasteiger partial charge >= 0.3 is 0 Å². The van der Waals surface area contributed by atoms with Gasteiger partial charge in [0.25, 0.3) is 5.91 Å². The lowest BCUT2D eigenvalue weighted by atomic mass is 9.79. The minimum atomic E-state index is -0.0742. The number of hydrogen-bond acceptors (Lipinski definition) is 5. The zero-order chi connectivity index (χ0) is 20.7. The van der Waals surface area contributed by atoms with Crippen molar-refractivity contribution in [3.8, 4) is 11.5 Å². The topological polar surface area (TPSA) is 60.0 Å². The third-order valence-electron chi connectivity index (χ3n) is 6.16. The molecule has 1 saturated heterocycles. The van der Waals surface area contributed by atoms with E-state index in [0.717, 1.165) is 44.7 Å². The molecule has 1 aromatic carbocycles. The van der Waals surface area contributed by atoms with Gasteiger partial charge in [0.1, 0.15) is 0 Å². The van der Waals surface area contributed by atoms with E-state index in [4.69, 9.17) is 14.2 Å². The summed E-state index contributed by atoms with van der Waals surface area (Å²) in [6.45, 7) is 6.04. The first-order valence-corrected chi connectivity index (χ1v) is 10.6. The van der Waals surface area contributed by atoms with Gasteiger partial charge in [0.2, 0.25) is 0 Å². The third-order valence-corrected chi connectivity index (χ3v) is 6.16. The van der Waals surface area contributed by atoms with E-state index in [2.05, 4.69) is 10.2 Å². The fourth-order valence-electron chi connectivity index (χ4n) is 4.63. The van der Waals surface area contributed by atoms with E-state index in [0.29, 0.717) is 23.6 Å². The number of methoxy groups -OCH3 is 2. The Morgan fingerprint density at radius 1 is 1.17 bits per heavy atom. The van der Waals surface area contributed by atoms with Crippen LogP contribution in [0.4, 0.5) is 0 Å². The van der Waals surface area contributed by atoms with Crippen LogP contribution in [-0.4, -0.2) is 63.4 Å². The van der Waals surface area contributed by atoms with E-state index in [1.165, 1.54) is 19.3 Å². The van der Waals surface area contributed by atoms with E-state index < -0.39 is 0 Å². The van der Waals surface area contributed by atoms with Crippen LogP contribution in [0.5, 0.6) is 11.5 Å². The van der Waals surface area contributed by atoms with Crippen LogP contribution in [0.15, 0.2) is 18.2 Å². The number of amides is 1. The highest BCUT2D eigenvalue weighted by molar-refractivity contribution is 5.96. The molecule has 1 saturated carbocycles. The fourth-order valence-corrected chi connectivity index (χ4v) is 4.63. The zero-order valence-corrected chi connectivity index (χ0v) is 18.0. The molecule has 0 spiro atoms. The fraction of sp³-hybridized carbons (Fsp3) is 0.609. The van der Waals surface area contributed by atoms with Crippen molar-refractivity contribution < 1.29 is 19.0 Å². The van der Waals surface area contributed by atoms with Gasteiger partial charge in [0, 0.05) is 36.3 Å². The Hall–Kier alpha value is -2.05. The second-order valence-corrected chi connectivity index (χ2v) is 7.87. The van der Waals surface area contributed by atoms with Gasteiger partial charge in [-0.3, -0.25) is 9.69 Å². The molecule has 1 aromatic rings. The van der Waals surface area contributed by atoms with Crippen molar-refractivity contribution >= 4 is 12.0 Å². The maximum Gasteiger partial charge on any atom is 0.251 e. The number of hydrogen-bond donors (Lipinski definition) is 1. The first-order valence-electron chi connectivity index (χ1n) is 10.6. The van der Waals surface area contributed by atoms with Gasteiger partial charge in [-0.05, 0) is 31.9 Å². The molecule has 1 aliphatic heterocycles. The Kier molecular flexibility index (Phi) is 7.56. The summed E-state index contributed by atoms with van der Waals surface area (Å²) in [5.41, 5.74) is 1.46. The van der Waals surface area contributed by atoms with E-state index in [1.54, 1.807) is 20.3 Å². The second kappa shape index (κ2) is 10.1. The number of allylic oxidation sites excluding steroid dienone is 1. The second-order valence-electron chi connectivity index (χ2n) is 7.87. The monoisotopic (exact) mass is 402 g/mol. The predicted molar refractivity (Wildman–Crippen MR) is 115 cm³/mol. The maximum absolute atomic E-state index is 13.1. The summed E-state index contributed by atoms with van der Waals surface area (Å²) in [7, 11) is 3.20. The molecule has 1 amide bonds. The number of carbonyl (C=O) groups is 1. The molecule has 160 valence electrons. The highest BCUT2D eigenvalue weighted by Gasteiger charge is 2.38. The summed E-state index contributed by atoms with van der Waals surface area (Å²) in [6.07, 6.45) is 9.82. The summed E-state index contributed by atoms with van der Waals surface area (Å²) in [6, 6.07) is 3.61. The lowest BCUT2D eigenvalue weighted by Gasteiger charge is -2.48. The largest absolute Gasteiger partial charge is 0.493 e. The van der Waals surface area contributed by atoms with Gasteiger partial charge in [-0.1, -0.05) is 31.4 Å².